The molecule has 0 aromatic heterocycles. The standard InChI is InChI=1S/C19H26/c1-17-16-19(17)15-11-6-4-2-3-5-8-12-18-13-9-7-10-14-18/h7-10,12-15,17H,2-6,11,16H2,1H3. The normalized spacial score (nSPS) is 20.3. The topological polar surface area (TPSA) is 0 Å². The highest BCUT2D eigenvalue weighted by atomic mass is 14.3. The fourth-order valence-electron chi connectivity index (χ4n) is 2.41. The molecule has 1 atom stereocenters. The Morgan fingerprint density at radius 3 is 2.37 bits per heavy atom. The third-order valence-electron chi connectivity index (χ3n) is 3.86. The van der Waals surface area contributed by atoms with E-state index in [1.165, 1.54) is 50.5 Å². The van der Waals surface area contributed by atoms with Crippen molar-refractivity contribution in [3.8, 4) is 0 Å². The summed E-state index contributed by atoms with van der Waals surface area (Å²) in [6, 6.07) is 10.6. The van der Waals surface area contributed by atoms with Gasteiger partial charge in [0.05, 0.1) is 0 Å². The molecule has 0 bridgehead atoms. The summed E-state index contributed by atoms with van der Waals surface area (Å²) >= 11 is 0. The molecule has 19 heavy (non-hydrogen) atoms. The zero-order valence-electron chi connectivity index (χ0n) is 12.1. The Hall–Kier alpha value is -1.30. The molecule has 102 valence electrons. The van der Waals surface area contributed by atoms with Gasteiger partial charge in [-0.15, -0.1) is 0 Å². The van der Waals surface area contributed by atoms with E-state index in [0.29, 0.717) is 0 Å². The Morgan fingerprint density at radius 2 is 1.68 bits per heavy atom. The van der Waals surface area contributed by atoms with Crippen LogP contribution in [-0.4, -0.2) is 0 Å². The minimum absolute atomic E-state index is 0.906. The van der Waals surface area contributed by atoms with E-state index in [0.717, 1.165) is 5.92 Å². The largest absolute Gasteiger partial charge is 0.0850 e. The van der Waals surface area contributed by atoms with E-state index >= 15 is 0 Å². The summed E-state index contributed by atoms with van der Waals surface area (Å²) in [7, 11) is 0. The molecule has 0 aliphatic heterocycles. The van der Waals surface area contributed by atoms with Crippen LogP contribution in [0.25, 0.3) is 6.08 Å². The van der Waals surface area contributed by atoms with Crippen molar-refractivity contribution in [3.63, 3.8) is 0 Å². The van der Waals surface area contributed by atoms with E-state index in [-0.39, 0.29) is 0 Å². The maximum Gasteiger partial charge on any atom is -0.0194 e. The van der Waals surface area contributed by atoms with E-state index in [2.05, 4.69) is 55.5 Å². The molecule has 1 saturated carbocycles. The van der Waals surface area contributed by atoms with Crippen molar-refractivity contribution in [1.29, 1.82) is 0 Å². The lowest BCUT2D eigenvalue weighted by Crippen LogP contribution is -1.77. The average molecular weight is 254 g/mol. The molecule has 1 aliphatic rings. The first-order valence-corrected chi connectivity index (χ1v) is 7.77. The van der Waals surface area contributed by atoms with Crippen molar-refractivity contribution in [2.45, 2.75) is 51.9 Å². The highest BCUT2D eigenvalue weighted by Gasteiger charge is 2.22. The smallest absolute Gasteiger partial charge is 0.0194 e. The van der Waals surface area contributed by atoms with Gasteiger partial charge in [-0.2, -0.15) is 0 Å². The van der Waals surface area contributed by atoms with Crippen LogP contribution in [0, 0.1) is 5.92 Å². The van der Waals surface area contributed by atoms with Crippen molar-refractivity contribution in [3.05, 3.63) is 53.6 Å². The first-order chi connectivity index (χ1) is 9.36. The third kappa shape index (κ3) is 5.92. The van der Waals surface area contributed by atoms with Crippen LogP contribution in [0.2, 0.25) is 0 Å². The molecule has 1 fully saturated rings. The molecule has 1 aliphatic carbocycles. The summed E-state index contributed by atoms with van der Waals surface area (Å²) in [4.78, 5) is 0. The monoisotopic (exact) mass is 254 g/mol. The van der Waals surface area contributed by atoms with Crippen LogP contribution >= 0.6 is 0 Å². The number of benzene rings is 1. The van der Waals surface area contributed by atoms with E-state index in [4.69, 9.17) is 0 Å². The summed E-state index contributed by atoms with van der Waals surface area (Å²) in [5, 5.41) is 0. The maximum atomic E-state index is 2.47. The average Bonchev–Trinajstić information content (AvgIpc) is 3.14. The Balaban J connectivity index is 1.45. The van der Waals surface area contributed by atoms with Crippen LogP contribution in [-0.2, 0) is 0 Å². The van der Waals surface area contributed by atoms with Crippen molar-refractivity contribution < 1.29 is 0 Å². The molecule has 0 heteroatoms. The van der Waals surface area contributed by atoms with Gasteiger partial charge in [0.2, 0.25) is 0 Å². The molecule has 0 radical (unpaired) electrons. The summed E-state index contributed by atoms with van der Waals surface area (Å²) in [5.41, 5.74) is 3.01. The molecule has 2 rings (SSSR count). The van der Waals surface area contributed by atoms with Gasteiger partial charge in [-0.25, -0.2) is 0 Å². The van der Waals surface area contributed by atoms with Gasteiger partial charge in [0.15, 0.2) is 0 Å². The van der Waals surface area contributed by atoms with Gasteiger partial charge >= 0.3 is 0 Å². The molecule has 0 spiro atoms. The second kappa shape index (κ2) is 7.99. The zero-order chi connectivity index (χ0) is 13.3. The predicted molar refractivity (Wildman–Crippen MR) is 85.0 cm³/mol. The Kier molecular flexibility index (Phi) is 5.94. The van der Waals surface area contributed by atoms with Crippen molar-refractivity contribution in [2.75, 3.05) is 0 Å². The van der Waals surface area contributed by atoms with Crippen LogP contribution < -0.4 is 0 Å². The fraction of sp³-hybridized carbons (Fsp3) is 0.474. The number of hydrogen-bond acceptors (Lipinski definition) is 0. The molecule has 1 aromatic rings. The molecule has 0 heterocycles. The van der Waals surface area contributed by atoms with E-state index in [1.54, 1.807) is 5.57 Å². The second-order valence-corrected chi connectivity index (χ2v) is 5.69. The van der Waals surface area contributed by atoms with Crippen LogP contribution in [0.15, 0.2) is 48.1 Å². The van der Waals surface area contributed by atoms with Gasteiger partial charge in [-0.3, -0.25) is 0 Å². The minimum atomic E-state index is 0.906. The first kappa shape index (κ1) is 14.1. The molecule has 0 N–H and O–H groups in total. The lowest BCUT2D eigenvalue weighted by Gasteiger charge is -1.97. The number of unbranched alkanes of at least 4 members (excludes halogenated alkanes) is 5. The SMILES string of the molecule is CC1CC1=CCCCCCCC=Cc1ccccc1. The molecule has 1 aromatic carbocycles. The molecule has 0 nitrogen and oxygen atoms in total. The van der Waals surface area contributed by atoms with E-state index in [9.17, 15) is 0 Å². The lowest BCUT2D eigenvalue weighted by molar-refractivity contribution is 0.652. The molecular formula is C19H26. The van der Waals surface area contributed by atoms with Gasteiger partial charge in [0, 0.05) is 0 Å². The van der Waals surface area contributed by atoms with Crippen molar-refractivity contribution in [1.82, 2.24) is 0 Å². The molecule has 0 saturated heterocycles. The van der Waals surface area contributed by atoms with Gasteiger partial charge in [0.1, 0.15) is 0 Å². The van der Waals surface area contributed by atoms with Gasteiger partial charge in [-0.05, 0) is 43.6 Å². The highest BCUT2D eigenvalue weighted by Crippen LogP contribution is 2.37. The molecular weight excluding hydrogens is 228 g/mol. The molecule has 1 unspecified atom stereocenters. The number of rotatable bonds is 8. The van der Waals surface area contributed by atoms with Crippen LogP contribution in [0.3, 0.4) is 0 Å². The Bertz CT molecular complexity index is 411. The lowest BCUT2D eigenvalue weighted by atomic mass is 10.1. The zero-order valence-corrected chi connectivity index (χ0v) is 12.1. The van der Waals surface area contributed by atoms with E-state index in [1.807, 2.05) is 0 Å². The third-order valence-corrected chi connectivity index (χ3v) is 3.86. The van der Waals surface area contributed by atoms with Crippen LogP contribution in [0.4, 0.5) is 0 Å². The first-order valence-electron chi connectivity index (χ1n) is 7.77. The van der Waals surface area contributed by atoms with Crippen molar-refractivity contribution >= 4 is 6.08 Å². The number of allylic oxidation sites excluding steroid dienone is 3. The Morgan fingerprint density at radius 1 is 1.00 bits per heavy atom. The van der Waals surface area contributed by atoms with Crippen LogP contribution in [0.5, 0.6) is 0 Å². The maximum absolute atomic E-state index is 2.47. The van der Waals surface area contributed by atoms with E-state index < -0.39 is 0 Å². The summed E-state index contributed by atoms with van der Waals surface area (Å²) in [6.07, 6.45) is 16.4. The second-order valence-electron chi connectivity index (χ2n) is 5.69. The number of hydrogen-bond donors (Lipinski definition) is 0. The quantitative estimate of drug-likeness (QED) is 0.394. The Labute approximate surface area is 118 Å². The highest BCUT2D eigenvalue weighted by molar-refractivity contribution is 5.48. The summed E-state index contributed by atoms with van der Waals surface area (Å²) < 4.78 is 0. The van der Waals surface area contributed by atoms with Gasteiger partial charge < -0.3 is 0 Å². The summed E-state index contributed by atoms with van der Waals surface area (Å²) in [5.74, 6) is 0.906. The summed E-state index contributed by atoms with van der Waals surface area (Å²) in [6.45, 7) is 2.32. The predicted octanol–water partition coefficient (Wildman–Crippen LogP) is 6.01. The fourth-order valence-corrected chi connectivity index (χ4v) is 2.41. The molecule has 0 amide bonds. The van der Waals surface area contributed by atoms with Crippen LogP contribution in [0.1, 0.15) is 57.4 Å². The van der Waals surface area contributed by atoms with Gasteiger partial charge in [0.25, 0.3) is 0 Å². The minimum Gasteiger partial charge on any atom is -0.0850 e. The van der Waals surface area contributed by atoms with Crippen molar-refractivity contribution in [2.24, 2.45) is 5.92 Å². The van der Waals surface area contributed by atoms with Gasteiger partial charge in [-0.1, -0.05) is 73.9 Å².